The lowest BCUT2D eigenvalue weighted by molar-refractivity contribution is -0.119. The molecule has 1 amide bonds. The molecule has 3 rings (SSSR count). The molecule has 0 radical (unpaired) electrons. The lowest BCUT2D eigenvalue weighted by Gasteiger charge is -2.13. The van der Waals surface area contributed by atoms with Crippen molar-refractivity contribution < 1.29 is 19.4 Å². The van der Waals surface area contributed by atoms with E-state index in [9.17, 15) is 20.0 Å². The van der Waals surface area contributed by atoms with Gasteiger partial charge in [0, 0.05) is 11.4 Å². The number of amides is 1. The van der Waals surface area contributed by atoms with E-state index in [0.29, 0.717) is 16.9 Å². The maximum atomic E-state index is 12.5. The van der Waals surface area contributed by atoms with Crippen LogP contribution < -0.4 is 5.32 Å². The van der Waals surface area contributed by atoms with Crippen LogP contribution in [-0.4, -0.2) is 28.2 Å². The number of aromatic hydroxyl groups is 1. The Morgan fingerprint density at radius 1 is 1.13 bits per heavy atom. The van der Waals surface area contributed by atoms with E-state index in [1.165, 1.54) is 12.1 Å². The maximum Gasteiger partial charge on any atom is 0.338 e. The van der Waals surface area contributed by atoms with Crippen molar-refractivity contribution in [2.45, 2.75) is 20.8 Å². The Balaban J connectivity index is 1.80. The molecule has 0 fully saturated rings. The Morgan fingerprint density at radius 3 is 2.47 bits per heavy atom. The van der Waals surface area contributed by atoms with Crippen LogP contribution in [0.25, 0.3) is 5.69 Å². The molecule has 152 valence electrons. The summed E-state index contributed by atoms with van der Waals surface area (Å²) < 4.78 is 6.84. The standard InChI is InChI=1S/C23H21N3O4/c1-14-9-10-17(11-20(14)27)23(29)30-13-21(28)25-22-19(12-24)15(2)16(3)26(22)18-7-5-4-6-8-18/h4-11,27H,13H2,1-3H3,(H,25,28). The first-order chi connectivity index (χ1) is 14.3. The monoisotopic (exact) mass is 403 g/mol. The number of nitrogens with zero attached hydrogens (tertiary/aromatic N) is 2. The zero-order valence-corrected chi connectivity index (χ0v) is 16.9. The molecular weight excluding hydrogens is 382 g/mol. The second kappa shape index (κ2) is 8.53. The van der Waals surface area contributed by atoms with Crippen molar-refractivity contribution in [2.75, 3.05) is 11.9 Å². The fraction of sp³-hybridized carbons (Fsp3) is 0.174. The third-order valence-electron chi connectivity index (χ3n) is 4.88. The second-order valence-electron chi connectivity index (χ2n) is 6.84. The van der Waals surface area contributed by atoms with Gasteiger partial charge in [-0.1, -0.05) is 24.3 Å². The van der Waals surface area contributed by atoms with Gasteiger partial charge in [0.1, 0.15) is 17.6 Å². The van der Waals surface area contributed by atoms with Crippen LogP contribution in [0.5, 0.6) is 5.75 Å². The summed E-state index contributed by atoms with van der Waals surface area (Å²) in [4.78, 5) is 24.6. The molecule has 2 N–H and O–H groups in total. The number of nitrogens with one attached hydrogen (secondary N) is 1. The number of phenolic OH excluding ortho intramolecular Hbond substituents is 1. The van der Waals surface area contributed by atoms with Crippen molar-refractivity contribution in [1.29, 1.82) is 5.26 Å². The zero-order chi connectivity index (χ0) is 21.8. The molecule has 3 aromatic rings. The van der Waals surface area contributed by atoms with E-state index in [1.54, 1.807) is 17.6 Å². The minimum absolute atomic E-state index is 0.0285. The molecule has 1 aromatic heterocycles. The Hall–Kier alpha value is -4.05. The normalized spacial score (nSPS) is 10.3. The van der Waals surface area contributed by atoms with E-state index in [1.807, 2.05) is 44.2 Å². The number of anilines is 1. The highest BCUT2D eigenvalue weighted by Gasteiger charge is 2.21. The van der Waals surface area contributed by atoms with Crippen molar-refractivity contribution in [2.24, 2.45) is 0 Å². The van der Waals surface area contributed by atoms with Gasteiger partial charge in [0.05, 0.1) is 11.1 Å². The number of nitriles is 1. The highest BCUT2D eigenvalue weighted by Crippen LogP contribution is 2.29. The van der Waals surface area contributed by atoms with E-state index in [0.717, 1.165) is 16.9 Å². The smallest absolute Gasteiger partial charge is 0.338 e. The third-order valence-corrected chi connectivity index (χ3v) is 4.88. The minimum atomic E-state index is -0.730. The molecule has 30 heavy (non-hydrogen) atoms. The van der Waals surface area contributed by atoms with Crippen molar-refractivity contribution >= 4 is 17.7 Å². The van der Waals surface area contributed by atoms with Crippen molar-refractivity contribution in [3.63, 3.8) is 0 Å². The fourth-order valence-corrected chi connectivity index (χ4v) is 3.08. The quantitative estimate of drug-likeness (QED) is 0.631. The summed E-state index contributed by atoms with van der Waals surface area (Å²) in [7, 11) is 0. The molecule has 0 atom stereocenters. The number of carbonyl (C=O) groups excluding carboxylic acids is 2. The summed E-state index contributed by atoms with van der Waals surface area (Å²) in [5, 5.41) is 22.0. The van der Waals surface area contributed by atoms with E-state index in [4.69, 9.17) is 4.74 Å². The van der Waals surface area contributed by atoms with Gasteiger partial charge in [-0.05, 0) is 56.2 Å². The van der Waals surface area contributed by atoms with E-state index in [2.05, 4.69) is 11.4 Å². The number of ether oxygens (including phenoxy) is 1. The zero-order valence-electron chi connectivity index (χ0n) is 16.9. The summed E-state index contributed by atoms with van der Waals surface area (Å²) in [6.45, 7) is 4.85. The van der Waals surface area contributed by atoms with E-state index in [-0.39, 0.29) is 11.3 Å². The fourth-order valence-electron chi connectivity index (χ4n) is 3.08. The molecule has 7 nitrogen and oxygen atoms in total. The van der Waals surface area contributed by atoms with Crippen LogP contribution in [0.1, 0.15) is 32.7 Å². The number of esters is 1. The largest absolute Gasteiger partial charge is 0.508 e. The number of aromatic nitrogens is 1. The molecule has 0 aliphatic carbocycles. The molecule has 0 saturated heterocycles. The summed E-state index contributed by atoms with van der Waals surface area (Å²) in [6.07, 6.45) is 0. The number of para-hydroxylation sites is 1. The molecule has 1 heterocycles. The Kier molecular flexibility index (Phi) is 5.88. The predicted molar refractivity (Wildman–Crippen MR) is 112 cm³/mol. The number of hydrogen-bond acceptors (Lipinski definition) is 5. The van der Waals surface area contributed by atoms with E-state index < -0.39 is 18.5 Å². The number of benzene rings is 2. The Labute approximate surface area is 174 Å². The van der Waals surface area contributed by atoms with Gasteiger partial charge in [0.25, 0.3) is 5.91 Å². The second-order valence-corrected chi connectivity index (χ2v) is 6.84. The minimum Gasteiger partial charge on any atom is -0.508 e. The molecule has 0 bridgehead atoms. The Morgan fingerprint density at radius 2 is 1.83 bits per heavy atom. The average molecular weight is 403 g/mol. The topological polar surface area (TPSA) is 104 Å². The average Bonchev–Trinajstić information content (AvgIpc) is 2.98. The molecule has 0 spiro atoms. The predicted octanol–water partition coefficient (Wildman–Crippen LogP) is 3.78. The van der Waals surface area contributed by atoms with Crippen LogP contribution in [-0.2, 0) is 9.53 Å². The van der Waals surface area contributed by atoms with Gasteiger partial charge in [-0.3, -0.25) is 9.36 Å². The van der Waals surface area contributed by atoms with E-state index >= 15 is 0 Å². The van der Waals surface area contributed by atoms with Gasteiger partial charge >= 0.3 is 5.97 Å². The van der Waals surface area contributed by atoms with Gasteiger partial charge in [-0.15, -0.1) is 0 Å². The first-order valence-corrected chi connectivity index (χ1v) is 9.27. The molecule has 0 unspecified atom stereocenters. The van der Waals surface area contributed by atoms with Crippen LogP contribution in [0.4, 0.5) is 5.82 Å². The number of phenols is 1. The van der Waals surface area contributed by atoms with Crippen LogP contribution in [0.3, 0.4) is 0 Å². The molecule has 2 aromatic carbocycles. The summed E-state index contributed by atoms with van der Waals surface area (Å²) >= 11 is 0. The van der Waals surface area contributed by atoms with Crippen LogP contribution in [0, 0.1) is 32.1 Å². The van der Waals surface area contributed by atoms with Crippen molar-refractivity contribution in [3.8, 4) is 17.5 Å². The van der Waals surface area contributed by atoms with Gasteiger partial charge in [-0.25, -0.2) is 4.79 Å². The lowest BCUT2D eigenvalue weighted by Crippen LogP contribution is -2.23. The first-order valence-electron chi connectivity index (χ1n) is 9.27. The van der Waals surface area contributed by atoms with Gasteiger partial charge in [0.2, 0.25) is 0 Å². The molecule has 0 aliphatic heterocycles. The number of rotatable bonds is 5. The van der Waals surface area contributed by atoms with Crippen molar-refractivity contribution in [1.82, 2.24) is 4.57 Å². The van der Waals surface area contributed by atoms with Gasteiger partial charge in [0.15, 0.2) is 6.61 Å². The highest BCUT2D eigenvalue weighted by atomic mass is 16.5. The molecule has 0 aliphatic rings. The van der Waals surface area contributed by atoms with Crippen LogP contribution in [0.15, 0.2) is 48.5 Å². The van der Waals surface area contributed by atoms with Crippen LogP contribution >= 0.6 is 0 Å². The summed E-state index contributed by atoms with van der Waals surface area (Å²) in [6, 6.07) is 15.9. The highest BCUT2D eigenvalue weighted by molar-refractivity contribution is 5.96. The van der Waals surface area contributed by atoms with Gasteiger partial charge in [-0.2, -0.15) is 5.26 Å². The number of hydrogen-bond donors (Lipinski definition) is 2. The SMILES string of the molecule is Cc1ccc(C(=O)OCC(=O)Nc2c(C#N)c(C)c(C)n2-c2ccccc2)cc1O. The first kappa shape index (κ1) is 20.7. The lowest BCUT2D eigenvalue weighted by atomic mass is 10.1. The van der Waals surface area contributed by atoms with Crippen molar-refractivity contribution in [3.05, 3.63) is 76.5 Å². The third kappa shape index (κ3) is 4.03. The molecule has 7 heteroatoms. The van der Waals surface area contributed by atoms with Crippen LogP contribution in [0.2, 0.25) is 0 Å². The summed E-state index contributed by atoms with van der Waals surface area (Å²) in [5.41, 5.74) is 3.48. The number of carbonyl (C=O) groups is 2. The Bertz CT molecular complexity index is 1160. The summed E-state index contributed by atoms with van der Waals surface area (Å²) in [5.74, 6) is -1.01. The molecule has 0 saturated carbocycles. The number of aryl methyl sites for hydroxylation is 1. The van der Waals surface area contributed by atoms with Gasteiger partial charge < -0.3 is 15.2 Å². The maximum absolute atomic E-state index is 12.5. The molecular formula is C23H21N3O4.